The Morgan fingerprint density at radius 1 is 1.33 bits per heavy atom. The number of morpholine rings is 1. The number of phenolic OH excluding ortho intramolecular Hbond substituents is 2. The predicted molar refractivity (Wildman–Crippen MR) is 65.7 cm³/mol. The van der Waals surface area contributed by atoms with Crippen molar-refractivity contribution >= 4 is 5.91 Å². The van der Waals surface area contributed by atoms with Crippen molar-refractivity contribution in [3.8, 4) is 11.5 Å². The maximum absolute atomic E-state index is 12.2. The molecular weight excluding hydrogens is 234 g/mol. The molecule has 2 rings (SSSR count). The molecule has 0 aromatic heterocycles. The molecule has 5 nitrogen and oxygen atoms in total. The second kappa shape index (κ2) is 4.49. The first kappa shape index (κ1) is 12.7. The fourth-order valence-corrected chi connectivity index (χ4v) is 2.03. The smallest absolute Gasteiger partial charge is 0.254 e. The Hall–Kier alpha value is -1.75. The van der Waals surface area contributed by atoms with Gasteiger partial charge in [-0.05, 0) is 32.0 Å². The second-order valence-corrected chi connectivity index (χ2v) is 5.04. The number of benzene rings is 1. The van der Waals surface area contributed by atoms with Crippen molar-refractivity contribution in [3.05, 3.63) is 23.8 Å². The molecule has 98 valence electrons. The number of hydrogen-bond acceptors (Lipinski definition) is 4. The van der Waals surface area contributed by atoms with Gasteiger partial charge in [-0.25, -0.2) is 0 Å². The van der Waals surface area contributed by atoms with E-state index in [1.165, 1.54) is 18.2 Å². The van der Waals surface area contributed by atoms with Crippen molar-refractivity contribution in [1.82, 2.24) is 4.90 Å². The quantitative estimate of drug-likeness (QED) is 0.739. The fraction of sp³-hybridized carbons (Fsp3) is 0.462. The van der Waals surface area contributed by atoms with E-state index in [9.17, 15) is 15.0 Å². The molecule has 5 heteroatoms. The molecule has 0 unspecified atom stereocenters. The summed E-state index contributed by atoms with van der Waals surface area (Å²) < 4.78 is 5.54. The average Bonchev–Trinajstić information content (AvgIpc) is 2.30. The molecule has 18 heavy (non-hydrogen) atoms. The van der Waals surface area contributed by atoms with E-state index in [4.69, 9.17) is 4.74 Å². The molecule has 1 aliphatic rings. The van der Waals surface area contributed by atoms with Crippen molar-refractivity contribution in [1.29, 1.82) is 0 Å². The maximum Gasteiger partial charge on any atom is 0.254 e. The standard InChI is InChI=1S/C13H17NO4/c1-13(2)8-14(5-6-18-13)12(17)9-3-4-10(15)11(16)7-9/h3-4,7,15-16H,5-6,8H2,1-2H3. The van der Waals surface area contributed by atoms with E-state index in [2.05, 4.69) is 0 Å². The number of phenols is 2. The Morgan fingerprint density at radius 2 is 2.06 bits per heavy atom. The summed E-state index contributed by atoms with van der Waals surface area (Å²) in [5.41, 5.74) is 0.00960. The fourth-order valence-electron chi connectivity index (χ4n) is 2.03. The van der Waals surface area contributed by atoms with Crippen molar-refractivity contribution < 1.29 is 19.7 Å². The van der Waals surface area contributed by atoms with E-state index in [0.717, 1.165) is 0 Å². The average molecular weight is 251 g/mol. The Bertz CT molecular complexity index is 470. The molecule has 0 saturated carbocycles. The van der Waals surface area contributed by atoms with Crippen LogP contribution in [0.25, 0.3) is 0 Å². The van der Waals surface area contributed by atoms with E-state index in [0.29, 0.717) is 25.3 Å². The summed E-state index contributed by atoms with van der Waals surface area (Å²) in [7, 11) is 0. The highest BCUT2D eigenvalue weighted by Gasteiger charge is 2.30. The zero-order chi connectivity index (χ0) is 13.3. The van der Waals surface area contributed by atoms with Gasteiger partial charge in [-0.3, -0.25) is 4.79 Å². The number of carbonyl (C=O) groups is 1. The number of hydrogen-bond donors (Lipinski definition) is 2. The van der Waals surface area contributed by atoms with E-state index in [-0.39, 0.29) is 23.0 Å². The monoisotopic (exact) mass is 251 g/mol. The van der Waals surface area contributed by atoms with Crippen LogP contribution >= 0.6 is 0 Å². The first-order chi connectivity index (χ1) is 8.39. The topological polar surface area (TPSA) is 70.0 Å². The molecule has 1 saturated heterocycles. The van der Waals surface area contributed by atoms with Gasteiger partial charge in [0.1, 0.15) is 0 Å². The zero-order valence-corrected chi connectivity index (χ0v) is 10.5. The molecular formula is C13H17NO4. The summed E-state index contributed by atoms with van der Waals surface area (Å²) >= 11 is 0. The summed E-state index contributed by atoms with van der Waals surface area (Å²) in [5, 5.41) is 18.6. The lowest BCUT2D eigenvalue weighted by Crippen LogP contribution is -2.50. The third-order valence-corrected chi connectivity index (χ3v) is 2.94. The van der Waals surface area contributed by atoms with Gasteiger partial charge in [0.05, 0.1) is 12.2 Å². The molecule has 0 atom stereocenters. The SMILES string of the molecule is CC1(C)CN(C(=O)c2ccc(O)c(O)c2)CCO1. The van der Waals surface area contributed by atoms with Crippen LogP contribution in [0.15, 0.2) is 18.2 Å². The van der Waals surface area contributed by atoms with Crippen molar-refractivity contribution in [2.75, 3.05) is 19.7 Å². The number of amides is 1. The van der Waals surface area contributed by atoms with Gasteiger partial charge in [-0.1, -0.05) is 0 Å². The van der Waals surface area contributed by atoms with E-state index in [1.54, 1.807) is 4.90 Å². The first-order valence-electron chi connectivity index (χ1n) is 5.84. The van der Waals surface area contributed by atoms with Gasteiger partial charge in [-0.15, -0.1) is 0 Å². The van der Waals surface area contributed by atoms with Gasteiger partial charge in [-0.2, -0.15) is 0 Å². The van der Waals surface area contributed by atoms with Gasteiger partial charge in [0, 0.05) is 18.7 Å². The number of nitrogens with zero attached hydrogens (tertiary/aromatic N) is 1. The molecule has 2 N–H and O–H groups in total. The van der Waals surface area contributed by atoms with Crippen molar-refractivity contribution in [2.45, 2.75) is 19.4 Å². The molecule has 1 aliphatic heterocycles. The van der Waals surface area contributed by atoms with Crippen LogP contribution in [0.4, 0.5) is 0 Å². The van der Waals surface area contributed by atoms with Gasteiger partial charge < -0.3 is 19.8 Å². The number of ether oxygens (including phenoxy) is 1. The molecule has 1 aromatic carbocycles. The molecule has 0 spiro atoms. The molecule has 1 heterocycles. The third kappa shape index (κ3) is 2.56. The highest BCUT2D eigenvalue weighted by Crippen LogP contribution is 2.26. The Kier molecular flexibility index (Phi) is 3.17. The van der Waals surface area contributed by atoms with Crippen molar-refractivity contribution in [2.24, 2.45) is 0 Å². The van der Waals surface area contributed by atoms with E-state index >= 15 is 0 Å². The molecule has 0 radical (unpaired) electrons. The second-order valence-electron chi connectivity index (χ2n) is 5.04. The van der Waals surface area contributed by atoms with Gasteiger partial charge in [0.25, 0.3) is 5.91 Å². The van der Waals surface area contributed by atoms with Crippen LogP contribution in [0.2, 0.25) is 0 Å². The number of aromatic hydroxyl groups is 2. The minimum Gasteiger partial charge on any atom is -0.504 e. The van der Waals surface area contributed by atoms with Gasteiger partial charge in [0.2, 0.25) is 0 Å². The number of carbonyl (C=O) groups excluding carboxylic acids is 1. The first-order valence-corrected chi connectivity index (χ1v) is 5.84. The highest BCUT2D eigenvalue weighted by molar-refractivity contribution is 5.95. The Labute approximate surface area is 106 Å². The lowest BCUT2D eigenvalue weighted by atomic mass is 10.1. The largest absolute Gasteiger partial charge is 0.504 e. The van der Waals surface area contributed by atoms with Crippen LogP contribution in [0.5, 0.6) is 11.5 Å². The summed E-state index contributed by atoms with van der Waals surface area (Å²) in [6, 6.07) is 4.09. The molecule has 1 aromatic rings. The lowest BCUT2D eigenvalue weighted by Gasteiger charge is -2.38. The summed E-state index contributed by atoms with van der Waals surface area (Å²) in [6.45, 7) is 5.40. The van der Waals surface area contributed by atoms with E-state index in [1.807, 2.05) is 13.8 Å². The van der Waals surface area contributed by atoms with Crippen LogP contribution in [0, 0.1) is 0 Å². The molecule has 0 aliphatic carbocycles. The van der Waals surface area contributed by atoms with Gasteiger partial charge >= 0.3 is 0 Å². The molecule has 1 fully saturated rings. The Balaban J connectivity index is 2.18. The zero-order valence-electron chi connectivity index (χ0n) is 10.5. The Morgan fingerprint density at radius 3 is 2.67 bits per heavy atom. The summed E-state index contributed by atoms with van der Waals surface area (Å²) in [6.07, 6.45) is 0. The van der Waals surface area contributed by atoms with Crippen molar-refractivity contribution in [3.63, 3.8) is 0 Å². The lowest BCUT2D eigenvalue weighted by molar-refractivity contribution is -0.0764. The molecule has 0 bridgehead atoms. The van der Waals surface area contributed by atoms with Crippen LogP contribution < -0.4 is 0 Å². The van der Waals surface area contributed by atoms with E-state index < -0.39 is 0 Å². The normalized spacial score (nSPS) is 18.7. The molecule has 1 amide bonds. The minimum atomic E-state index is -0.354. The summed E-state index contributed by atoms with van der Waals surface area (Å²) in [5.74, 6) is -0.677. The summed E-state index contributed by atoms with van der Waals surface area (Å²) in [4.78, 5) is 13.9. The van der Waals surface area contributed by atoms with Crippen LogP contribution in [0.3, 0.4) is 0 Å². The highest BCUT2D eigenvalue weighted by atomic mass is 16.5. The van der Waals surface area contributed by atoms with Crippen LogP contribution in [-0.4, -0.2) is 46.3 Å². The van der Waals surface area contributed by atoms with Crippen LogP contribution in [-0.2, 0) is 4.74 Å². The number of rotatable bonds is 1. The predicted octanol–water partition coefficient (Wildman–Crippen LogP) is 1.35. The third-order valence-electron chi connectivity index (χ3n) is 2.94. The van der Waals surface area contributed by atoms with Gasteiger partial charge in [0.15, 0.2) is 11.5 Å². The minimum absolute atomic E-state index is 0.165. The van der Waals surface area contributed by atoms with Crippen LogP contribution in [0.1, 0.15) is 24.2 Å². The maximum atomic E-state index is 12.2.